The van der Waals surface area contributed by atoms with Crippen LogP contribution in [0.1, 0.15) is 39.5 Å². The highest BCUT2D eigenvalue weighted by Gasteiger charge is 2.28. The molecule has 208 valence electrons. The van der Waals surface area contributed by atoms with E-state index in [1.807, 2.05) is 43.4 Å². The van der Waals surface area contributed by atoms with Gasteiger partial charge in [0.05, 0.1) is 43.3 Å². The predicted molar refractivity (Wildman–Crippen MR) is 150 cm³/mol. The zero-order valence-corrected chi connectivity index (χ0v) is 22.7. The van der Waals surface area contributed by atoms with Crippen LogP contribution in [0.3, 0.4) is 0 Å². The summed E-state index contributed by atoms with van der Waals surface area (Å²) in [6, 6.07) is 22.0. The van der Waals surface area contributed by atoms with E-state index in [0.29, 0.717) is 29.8 Å². The van der Waals surface area contributed by atoms with Gasteiger partial charge in [0.25, 0.3) is 0 Å². The van der Waals surface area contributed by atoms with E-state index in [4.69, 9.17) is 9.15 Å². The number of likely N-dealkylation sites (N-methyl/N-ethyl adjacent to an activating group) is 1. The lowest BCUT2D eigenvalue weighted by Gasteiger charge is -2.32. The van der Waals surface area contributed by atoms with Crippen LogP contribution in [0.5, 0.6) is 0 Å². The average molecular weight is 544 g/mol. The van der Waals surface area contributed by atoms with Gasteiger partial charge in [0.1, 0.15) is 0 Å². The van der Waals surface area contributed by atoms with Crippen molar-refractivity contribution in [1.82, 2.24) is 14.4 Å². The summed E-state index contributed by atoms with van der Waals surface area (Å²) in [7, 11) is 3.14. The number of aliphatic hydroxyl groups is 1. The van der Waals surface area contributed by atoms with Crippen molar-refractivity contribution in [1.29, 1.82) is 0 Å². The van der Waals surface area contributed by atoms with E-state index >= 15 is 0 Å². The summed E-state index contributed by atoms with van der Waals surface area (Å²) in [4.78, 5) is 41.9. The molecule has 1 N–H and O–H groups in total. The number of β-amino-alcohol motifs (C(OH)–C–C–N with tert-alkyl or cyclic N) is 1. The van der Waals surface area contributed by atoms with Crippen molar-refractivity contribution in [3.05, 3.63) is 106 Å². The molecule has 9 heteroatoms. The molecule has 2 atom stereocenters. The summed E-state index contributed by atoms with van der Waals surface area (Å²) in [5, 5.41) is 10.0. The van der Waals surface area contributed by atoms with E-state index in [1.165, 1.54) is 11.7 Å². The van der Waals surface area contributed by atoms with Crippen molar-refractivity contribution in [3.63, 3.8) is 0 Å². The van der Waals surface area contributed by atoms with Crippen molar-refractivity contribution < 1.29 is 23.8 Å². The Hall–Kier alpha value is -4.21. The molecule has 2 heterocycles. The molecule has 0 bridgehead atoms. The quantitative estimate of drug-likeness (QED) is 0.323. The van der Waals surface area contributed by atoms with Gasteiger partial charge in [-0.25, -0.2) is 9.59 Å². The number of esters is 1. The third-order valence-corrected chi connectivity index (χ3v) is 7.53. The number of aromatic nitrogens is 1. The predicted octanol–water partition coefficient (Wildman–Crippen LogP) is 3.24. The number of benzene rings is 3. The van der Waals surface area contributed by atoms with Crippen molar-refractivity contribution in [2.24, 2.45) is 0 Å². The van der Waals surface area contributed by atoms with Crippen molar-refractivity contribution in [2.75, 3.05) is 33.8 Å². The standard InChI is InChI=1S/C31H33N3O6/c1-32(27(23-6-4-3-5-7-23)20-33-15-14-25(35)19-33)29(36)17-22-10-13-28-26(16-22)34(31(38)40-28)18-21-8-11-24(12-9-21)30(37)39-2/h3-13,16,25,27,35H,14-15,17-20H2,1-2H3/t25-,27?/m0/s1. The van der Waals surface area contributed by atoms with Crippen molar-refractivity contribution in [2.45, 2.75) is 31.5 Å². The number of aliphatic hydroxyl groups excluding tert-OH is 1. The Labute approximate surface area is 232 Å². The Morgan fingerprint density at radius 2 is 1.80 bits per heavy atom. The highest BCUT2D eigenvalue weighted by Crippen LogP contribution is 2.25. The van der Waals surface area contributed by atoms with Crippen LogP contribution in [0, 0.1) is 0 Å². The minimum Gasteiger partial charge on any atom is -0.465 e. The van der Waals surface area contributed by atoms with Crippen LogP contribution in [-0.2, 0) is 22.5 Å². The monoisotopic (exact) mass is 543 g/mol. The van der Waals surface area contributed by atoms with E-state index in [1.54, 1.807) is 41.3 Å². The molecule has 1 fully saturated rings. The third kappa shape index (κ3) is 6.00. The highest BCUT2D eigenvalue weighted by atomic mass is 16.5. The number of carbonyl (C=O) groups is 2. The highest BCUT2D eigenvalue weighted by molar-refractivity contribution is 5.89. The molecule has 1 saturated heterocycles. The van der Waals surface area contributed by atoms with E-state index in [-0.39, 0.29) is 31.0 Å². The van der Waals surface area contributed by atoms with Crippen LogP contribution in [-0.4, -0.2) is 71.2 Å². The van der Waals surface area contributed by atoms with Gasteiger partial charge in [0.15, 0.2) is 5.58 Å². The third-order valence-electron chi connectivity index (χ3n) is 7.53. The summed E-state index contributed by atoms with van der Waals surface area (Å²) in [6.45, 7) is 2.29. The number of hydrogen-bond acceptors (Lipinski definition) is 7. The molecule has 0 spiro atoms. The van der Waals surface area contributed by atoms with Gasteiger partial charge in [-0.3, -0.25) is 14.3 Å². The Morgan fingerprint density at radius 3 is 2.48 bits per heavy atom. The fourth-order valence-corrected chi connectivity index (χ4v) is 5.24. The smallest absolute Gasteiger partial charge is 0.420 e. The molecule has 0 saturated carbocycles. The van der Waals surface area contributed by atoms with E-state index in [0.717, 1.165) is 29.7 Å². The fraction of sp³-hybridized carbons (Fsp3) is 0.323. The zero-order chi connectivity index (χ0) is 28.2. The molecule has 1 aromatic heterocycles. The van der Waals surface area contributed by atoms with Gasteiger partial charge in [-0.2, -0.15) is 0 Å². The summed E-state index contributed by atoms with van der Waals surface area (Å²) in [5.74, 6) is -0.974. The topological polar surface area (TPSA) is 105 Å². The van der Waals surface area contributed by atoms with Gasteiger partial charge in [-0.15, -0.1) is 0 Å². The Kier molecular flexibility index (Phi) is 8.14. The maximum atomic E-state index is 13.5. The van der Waals surface area contributed by atoms with Gasteiger partial charge in [0, 0.05) is 26.7 Å². The number of oxazole rings is 1. The van der Waals surface area contributed by atoms with Crippen molar-refractivity contribution in [3.8, 4) is 0 Å². The van der Waals surface area contributed by atoms with Crippen LogP contribution < -0.4 is 5.76 Å². The summed E-state index contributed by atoms with van der Waals surface area (Å²) < 4.78 is 11.7. The van der Waals surface area contributed by atoms with Crippen LogP contribution in [0.4, 0.5) is 0 Å². The molecule has 1 amide bonds. The number of fused-ring (bicyclic) bond motifs is 1. The minimum atomic E-state index is -0.496. The van der Waals surface area contributed by atoms with Gasteiger partial charge >= 0.3 is 11.7 Å². The number of likely N-dealkylation sites (tertiary alicyclic amines) is 1. The first kappa shape index (κ1) is 27.4. The first-order chi connectivity index (χ1) is 19.3. The number of ether oxygens (including phenoxy) is 1. The molecule has 1 unspecified atom stereocenters. The average Bonchev–Trinajstić information content (AvgIpc) is 3.53. The van der Waals surface area contributed by atoms with E-state index < -0.39 is 11.7 Å². The molecule has 40 heavy (non-hydrogen) atoms. The SMILES string of the molecule is COC(=O)c1ccc(Cn2c(=O)oc3ccc(CC(=O)N(C)C(CN4CC[C@H](O)C4)c4ccccc4)cc32)cc1. The molecular formula is C31H33N3O6. The molecule has 1 aliphatic heterocycles. The Bertz CT molecular complexity index is 1540. The van der Waals surface area contributed by atoms with Gasteiger partial charge in [-0.1, -0.05) is 48.5 Å². The first-order valence-electron chi connectivity index (χ1n) is 13.3. The summed E-state index contributed by atoms with van der Waals surface area (Å²) >= 11 is 0. The maximum absolute atomic E-state index is 13.5. The lowest BCUT2D eigenvalue weighted by Crippen LogP contribution is -2.39. The molecule has 0 radical (unpaired) electrons. The Morgan fingerprint density at radius 1 is 1.07 bits per heavy atom. The van der Waals surface area contributed by atoms with Gasteiger partial charge in [-0.05, 0) is 47.4 Å². The molecule has 9 nitrogen and oxygen atoms in total. The molecule has 1 aliphatic rings. The van der Waals surface area contributed by atoms with E-state index in [9.17, 15) is 19.5 Å². The first-order valence-corrected chi connectivity index (χ1v) is 13.3. The van der Waals surface area contributed by atoms with Gasteiger partial charge in [0.2, 0.25) is 5.91 Å². The molecule has 0 aliphatic carbocycles. The van der Waals surface area contributed by atoms with E-state index in [2.05, 4.69) is 4.90 Å². The minimum absolute atomic E-state index is 0.0521. The summed E-state index contributed by atoms with van der Waals surface area (Å²) in [6.07, 6.45) is 0.564. The second-order valence-corrected chi connectivity index (χ2v) is 10.3. The molecule has 3 aromatic carbocycles. The number of hydrogen-bond donors (Lipinski definition) is 1. The number of rotatable bonds is 9. The van der Waals surface area contributed by atoms with Crippen molar-refractivity contribution >= 4 is 23.0 Å². The van der Waals surface area contributed by atoms with Crippen LogP contribution in [0.15, 0.2) is 82.0 Å². The zero-order valence-electron chi connectivity index (χ0n) is 22.7. The Balaban J connectivity index is 1.35. The van der Waals surface area contributed by atoms with Crippen LogP contribution in [0.25, 0.3) is 11.1 Å². The molecule has 5 rings (SSSR count). The molecule has 4 aromatic rings. The van der Waals surface area contributed by atoms with Gasteiger partial charge < -0.3 is 19.2 Å². The number of carbonyl (C=O) groups excluding carboxylic acids is 2. The molecular weight excluding hydrogens is 510 g/mol. The lowest BCUT2D eigenvalue weighted by molar-refractivity contribution is -0.131. The number of methoxy groups -OCH3 is 1. The lowest BCUT2D eigenvalue weighted by atomic mass is 10.0. The number of nitrogens with zero attached hydrogens (tertiary/aromatic N) is 3. The van der Waals surface area contributed by atoms with Crippen LogP contribution >= 0.6 is 0 Å². The largest absolute Gasteiger partial charge is 0.465 e. The fourth-order valence-electron chi connectivity index (χ4n) is 5.24. The maximum Gasteiger partial charge on any atom is 0.420 e. The second-order valence-electron chi connectivity index (χ2n) is 10.3. The van der Waals surface area contributed by atoms with Crippen LogP contribution in [0.2, 0.25) is 0 Å². The number of amides is 1. The summed E-state index contributed by atoms with van der Waals surface area (Å²) in [5.41, 5.74) is 4.09. The normalized spacial score (nSPS) is 16.2. The second kappa shape index (κ2) is 11.9.